The number of oxime groups is 1. The number of thiazole rings is 1. The van der Waals surface area contributed by atoms with Crippen LogP contribution in [-0.4, -0.2) is 24.0 Å². The molecule has 0 unspecified atom stereocenters. The topological polar surface area (TPSA) is 52.8 Å². The lowest BCUT2D eigenvalue weighted by Crippen LogP contribution is -2.17. The molecule has 29 heavy (non-hydrogen) atoms. The third-order valence-electron chi connectivity index (χ3n) is 4.50. The van der Waals surface area contributed by atoms with Crippen LogP contribution in [0.5, 0.6) is 5.75 Å². The summed E-state index contributed by atoms with van der Waals surface area (Å²) in [5.74, 6) is 0.797. The molecule has 0 radical (unpaired) electrons. The Morgan fingerprint density at radius 2 is 1.69 bits per heavy atom. The number of nitrogens with zero attached hydrogens (tertiary/aromatic N) is 2. The molecule has 0 saturated carbocycles. The van der Waals surface area contributed by atoms with E-state index in [9.17, 15) is 4.79 Å². The lowest BCUT2D eigenvalue weighted by atomic mass is 10.0. The van der Waals surface area contributed by atoms with Gasteiger partial charge in [0.05, 0.1) is 16.8 Å². The van der Waals surface area contributed by atoms with Gasteiger partial charge >= 0.3 is 4.87 Å². The minimum atomic E-state index is -0.00115. The van der Waals surface area contributed by atoms with Crippen LogP contribution in [0.3, 0.4) is 0 Å². The third-order valence-corrected chi connectivity index (χ3v) is 5.44. The molecule has 0 fully saturated rings. The molecule has 0 aliphatic rings. The minimum absolute atomic E-state index is 0.00115. The van der Waals surface area contributed by atoms with Gasteiger partial charge in [0, 0.05) is 11.1 Å². The molecule has 0 aliphatic heterocycles. The highest BCUT2D eigenvalue weighted by Crippen LogP contribution is 2.22. The van der Waals surface area contributed by atoms with Crippen molar-refractivity contribution in [2.75, 3.05) is 13.7 Å². The Morgan fingerprint density at radius 3 is 2.41 bits per heavy atom. The van der Waals surface area contributed by atoms with Gasteiger partial charge in [-0.2, -0.15) is 0 Å². The van der Waals surface area contributed by atoms with Gasteiger partial charge in [-0.05, 0) is 24.3 Å². The van der Waals surface area contributed by atoms with Gasteiger partial charge < -0.3 is 9.57 Å². The van der Waals surface area contributed by atoms with Gasteiger partial charge in [0.2, 0.25) is 0 Å². The zero-order valence-electron chi connectivity index (χ0n) is 15.9. The fourth-order valence-electron chi connectivity index (χ4n) is 3.16. The molecule has 0 atom stereocenters. The summed E-state index contributed by atoms with van der Waals surface area (Å²) < 4.78 is 8.41. The highest BCUT2D eigenvalue weighted by atomic mass is 32.1. The van der Waals surface area contributed by atoms with Crippen LogP contribution in [0.1, 0.15) is 11.1 Å². The van der Waals surface area contributed by atoms with Crippen molar-refractivity contribution in [2.45, 2.75) is 6.54 Å². The molecule has 5 nitrogen and oxygen atoms in total. The van der Waals surface area contributed by atoms with Crippen LogP contribution < -0.4 is 9.61 Å². The zero-order chi connectivity index (χ0) is 20.1. The van der Waals surface area contributed by atoms with Crippen LogP contribution in [0.2, 0.25) is 0 Å². The van der Waals surface area contributed by atoms with E-state index in [2.05, 4.69) is 5.16 Å². The van der Waals surface area contributed by atoms with Gasteiger partial charge in [-0.25, -0.2) is 0 Å². The van der Waals surface area contributed by atoms with E-state index in [0.717, 1.165) is 32.8 Å². The first-order valence-corrected chi connectivity index (χ1v) is 10.1. The molecule has 4 aromatic rings. The van der Waals surface area contributed by atoms with Crippen molar-refractivity contribution < 1.29 is 9.57 Å². The van der Waals surface area contributed by atoms with E-state index < -0.39 is 0 Å². The predicted molar refractivity (Wildman–Crippen MR) is 117 cm³/mol. The van der Waals surface area contributed by atoms with Gasteiger partial charge in [-0.15, -0.1) is 0 Å². The molecule has 0 saturated heterocycles. The van der Waals surface area contributed by atoms with Crippen LogP contribution in [0, 0.1) is 0 Å². The van der Waals surface area contributed by atoms with Crippen molar-refractivity contribution in [3.63, 3.8) is 0 Å². The molecule has 0 N–H and O–H groups in total. The Kier molecular flexibility index (Phi) is 5.72. The fraction of sp³-hybridized carbons (Fsp3) is 0.130. The number of aromatic nitrogens is 1. The van der Waals surface area contributed by atoms with E-state index in [4.69, 9.17) is 9.57 Å². The summed E-state index contributed by atoms with van der Waals surface area (Å²) in [6.07, 6.45) is 0. The van der Waals surface area contributed by atoms with Crippen LogP contribution in [0.25, 0.3) is 10.2 Å². The Hall–Kier alpha value is -3.38. The molecule has 1 aromatic heterocycles. The number of ether oxygens (including phenoxy) is 1. The van der Waals surface area contributed by atoms with Crippen molar-refractivity contribution >= 4 is 27.3 Å². The lowest BCUT2D eigenvalue weighted by Gasteiger charge is -2.08. The first-order chi connectivity index (χ1) is 14.3. The van der Waals surface area contributed by atoms with Gasteiger partial charge in [0.15, 0.2) is 0 Å². The largest absolute Gasteiger partial charge is 0.492 e. The number of hydrogen-bond acceptors (Lipinski definition) is 5. The number of fused-ring (bicyclic) bond motifs is 1. The quantitative estimate of drug-likeness (QED) is 0.336. The summed E-state index contributed by atoms with van der Waals surface area (Å²) in [7, 11) is 1.53. The summed E-state index contributed by atoms with van der Waals surface area (Å²) in [6.45, 7) is 0.919. The zero-order valence-corrected chi connectivity index (χ0v) is 16.8. The van der Waals surface area contributed by atoms with Gasteiger partial charge in [-0.1, -0.05) is 71.1 Å². The maximum Gasteiger partial charge on any atom is 0.308 e. The standard InChI is InChI=1S/C23H20N2O3S/c1-27-24-22(17-8-4-2-5-9-17)18-12-13-20-21(16-18)29-23(26)25(20)14-15-28-19-10-6-3-7-11-19/h2-13,16H,14-15H2,1H3. The predicted octanol–water partition coefficient (Wildman–Crippen LogP) is 4.54. The second kappa shape index (κ2) is 8.75. The molecule has 4 rings (SSSR count). The maximum absolute atomic E-state index is 12.5. The maximum atomic E-state index is 12.5. The van der Waals surface area contributed by atoms with Crippen LogP contribution >= 0.6 is 11.3 Å². The summed E-state index contributed by atoms with van der Waals surface area (Å²) >= 11 is 1.23. The summed E-state index contributed by atoms with van der Waals surface area (Å²) in [4.78, 5) is 17.6. The van der Waals surface area contributed by atoms with Crippen molar-refractivity contribution in [1.82, 2.24) is 4.57 Å². The van der Waals surface area contributed by atoms with Crippen molar-refractivity contribution in [1.29, 1.82) is 0 Å². The average Bonchev–Trinajstić information content (AvgIpc) is 3.08. The average molecular weight is 404 g/mol. The third kappa shape index (κ3) is 4.22. The summed E-state index contributed by atoms with van der Waals surface area (Å²) in [6, 6.07) is 25.4. The Labute approximate surface area is 172 Å². The van der Waals surface area contributed by atoms with Gasteiger partial charge in [-0.3, -0.25) is 9.36 Å². The molecule has 3 aromatic carbocycles. The number of benzene rings is 3. The Morgan fingerprint density at radius 1 is 0.966 bits per heavy atom. The molecular formula is C23H20N2O3S. The second-order valence-corrected chi connectivity index (χ2v) is 7.35. The first kappa shape index (κ1) is 19.0. The lowest BCUT2D eigenvalue weighted by molar-refractivity contribution is 0.214. The Balaban J connectivity index is 1.60. The molecule has 1 heterocycles. The smallest absolute Gasteiger partial charge is 0.308 e. The second-order valence-electron chi connectivity index (χ2n) is 6.35. The minimum Gasteiger partial charge on any atom is -0.492 e. The van der Waals surface area contributed by atoms with E-state index >= 15 is 0 Å². The normalized spacial score (nSPS) is 11.6. The van der Waals surface area contributed by atoms with E-state index in [1.807, 2.05) is 78.9 Å². The molecule has 0 spiro atoms. The molecule has 0 bridgehead atoms. The van der Waals surface area contributed by atoms with Crippen LogP contribution in [0.15, 0.2) is 88.8 Å². The van der Waals surface area contributed by atoms with Crippen LogP contribution in [0.4, 0.5) is 0 Å². The number of hydrogen-bond donors (Lipinski definition) is 0. The van der Waals surface area contributed by atoms with E-state index in [-0.39, 0.29) is 4.87 Å². The molecule has 6 heteroatoms. The number of rotatable bonds is 7. The van der Waals surface area contributed by atoms with E-state index in [0.29, 0.717) is 13.2 Å². The highest BCUT2D eigenvalue weighted by Gasteiger charge is 2.13. The van der Waals surface area contributed by atoms with Crippen molar-refractivity contribution in [3.8, 4) is 5.75 Å². The van der Waals surface area contributed by atoms with Crippen LogP contribution in [-0.2, 0) is 11.4 Å². The molecule has 146 valence electrons. The van der Waals surface area contributed by atoms with E-state index in [1.54, 1.807) is 4.57 Å². The molecule has 0 aliphatic carbocycles. The molecular weight excluding hydrogens is 384 g/mol. The SMILES string of the molecule is CON=C(c1ccccc1)c1ccc2c(c1)sc(=O)n2CCOc1ccccc1. The monoisotopic (exact) mass is 404 g/mol. The first-order valence-electron chi connectivity index (χ1n) is 9.24. The fourth-order valence-corrected chi connectivity index (χ4v) is 4.11. The summed E-state index contributed by atoms with van der Waals surface area (Å²) in [5.41, 5.74) is 3.48. The number of para-hydroxylation sites is 1. The molecule has 0 amide bonds. The van der Waals surface area contributed by atoms with E-state index in [1.165, 1.54) is 18.4 Å². The highest BCUT2D eigenvalue weighted by molar-refractivity contribution is 7.16. The van der Waals surface area contributed by atoms with Crippen molar-refractivity contribution in [3.05, 3.63) is 99.7 Å². The Bertz CT molecular complexity index is 1180. The van der Waals surface area contributed by atoms with Gasteiger partial charge in [0.25, 0.3) is 0 Å². The summed E-state index contributed by atoms with van der Waals surface area (Å²) in [5, 5.41) is 4.20. The van der Waals surface area contributed by atoms with Gasteiger partial charge in [0.1, 0.15) is 25.2 Å². The van der Waals surface area contributed by atoms with Crippen molar-refractivity contribution in [2.24, 2.45) is 5.16 Å².